The van der Waals surface area contributed by atoms with Crippen molar-refractivity contribution in [3.63, 3.8) is 0 Å². The molecule has 1 atom stereocenters. The first-order chi connectivity index (χ1) is 16.5. The van der Waals surface area contributed by atoms with E-state index in [9.17, 15) is 4.79 Å². The van der Waals surface area contributed by atoms with E-state index in [0.717, 1.165) is 47.6 Å². The Morgan fingerprint density at radius 1 is 1.29 bits per heavy atom. The summed E-state index contributed by atoms with van der Waals surface area (Å²) >= 11 is 6.13. The lowest BCUT2D eigenvalue weighted by molar-refractivity contribution is -0.127. The molecule has 9 nitrogen and oxygen atoms in total. The molecule has 1 aromatic carbocycles. The van der Waals surface area contributed by atoms with Crippen molar-refractivity contribution >= 4 is 45.9 Å². The highest BCUT2D eigenvalue weighted by Gasteiger charge is 2.29. The molecule has 0 bridgehead atoms. The van der Waals surface area contributed by atoms with Crippen LogP contribution in [0, 0.1) is 0 Å². The molecule has 178 valence electrons. The molecule has 2 aliphatic heterocycles. The first-order valence-electron chi connectivity index (χ1n) is 11.5. The van der Waals surface area contributed by atoms with Gasteiger partial charge in [-0.1, -0.05) is 23.7 Å². The van der Waals surface area contributed by atoms with Crippen molar-refractivity contribution in [1.29, 1.82) is 0 Å². The number of amides is 1. The van der Waals surface area contributed by atoms with Gasteiger partial charge in [-0.3, -0.25) is 10.2 Å². The zero-order valence-corrected chi connectivity index (χ0v) is 20.1. The van der Waals surface area contributed by atoms with Crippen LogP contribution in [0.15, 0.2) is 41.8 Å². The van der Waals surface area contributed by atoms with Gasteiger partial charge in [-0.15, -0.1) is 0 Å². The number of pyridine rings is 1. The molecular formula is C24H28ClN7O2. The summed E-state index contributed by atoms with van der Waals surface area (Å²) in [5.41, 5.74) is 7.49. The number of fused-ring (bicyclic) bond motifs is 1. The van der Waals surface area contributed by atoms with Gasteiger partial charge in [-0.2, -0.15) is 5.10 Å². The summed E-state index contributed by atoms with van der Waals surface area (Å²) in [4.78, 5) is 25.7. The number of ether oxygens (including phenoxy) is 1. The molecule has 1 amide bonds. The first kappa shape index (κ1) is 22.6. The van der Waals surface area contributed by atoms with Crippen LogP contribution in [0.5, 0.6) is 0 Å². The van der Waals surface area contributed by atoms with Crippen molar-refractivity contribution in [2.75, 3.05) is 43.7 Å². The molecule has 2 saturated heterocycles. The molecule has 2 fully saturated rings. The van der Waals surface area contributed by atoms with Crippen molar-refractivity contribution in [3.8, 4) is 0 Å². The Balaban J connectivity index is 1.49. The molecular weight excluding hydrogens is 454 g/mol. The number of hydrazone groups is 1. The molecule has 5 rings (SSSR count). The third-order valence-corrected chi connectivity index (χ3v) is 6.76. The lowest BCUT2D eigenvalue weighted by Gasteiger charge is -2.29. The van der Waals surface area contributed by atoms with E-state index in [4.69, 9.17) is 26.3 Å². The molecule has 0 saturated carbocycles. The lowest BCUT2D eigenvalue weighted by atomic mass is 10.1. The number of imidazole rings is 1. The van der Waals surface area contributed by atoms with Crippen molar-refractivity contribution in [2.24, 2.45) is 5.10 Å². The van der Waals surface area contributed by atoms with Crippen molar-refractivity contribution < 1.29 is 9.53 Å². The number of nitrogens with zero attached hydrogens (tertiary/aromatic N) is 6. The zero-order valence-electron chi connectivity index (χ0n) is 19.4. The van der Waals surface area contributed by atoms with Crippen molar-refractivity contribution in [3.05, 3.63) is 47.2 Å². The molecule has 0 radical (unpaired) electrons. The second kappa shape index (κ2) is 9.60. The number of halogens is 1. The van der Waals surface area contributed by atoms with Crippen LogP contribution in [0.3, 0.4) is 0 Å². The van der Waals surface area contributed by atoms with Gasteiger partial charge in [-0.05, 0) is 31.0 Å². The Kier molecular flexibility index (Phi) is 6.38. The Labute approximate surface area is 203 Å². The number of carbonyl (C=O) groups excluding carboxylic acids is 1. The average molecular weight is 482 g/mol. The summed E-state index contributed by atoms with van der Waals surface area (Å²) in [6, 6.07) is 9.72. The van der Waals surface area contributed by atoms with E-state index in [1.165, 1.54) is 0 Å². The smallest absolute Gasteiger partial charge is 0.222 e. The zero-order chi connectivity index (χ0) is 23.7. The lowest BCUT2D eigenvalue weighted by Crippen LogP contribution is -2.36. The summed E-state index contributed by atoms with van der Waals surface area (Å²) in [5.74, 6) is 0.817. The SMILES string of the molecule is C/C(=N\Nc1cc(N2CCOCC2)c2ncn(CC3CCC(=O)N3C)c2n1)c1cccc(Cl)c1. The van der Waals surface area contributed by atoms with Crippen LogP contribution in [0.2, 0.25) is 5.02 Å². The number of anilines is 2. The van der Waals surface area contributed by atoms with Crippen molar-refractivity contribution in [2.45, 2.75) is 32.4 Å². The maximum atomic E-state index is 12.0. The largest absolute Gasteiger partial charge is 0.378 e. The van der Waals surface area contributed by atoms with Crippen LogP contribution < -0.4 is 10.3 Å². The van der Waals surface area contributed by atoms with Crippen LogP contribution in [0.4, 0.5) is 11.5 Å². The second-order valence-electron chi connectivity index (χ2n) is 8.71. The number of likely N-dealkylation sites (tertiary alicyclic amines) is 1. The molecule has 0 spiro atoms. The minimum atomic E-state index is 0.137. The van der Waals surface area contributed by atoms with E-state index in [-0.39, 0.29) is 11.9 Å². The fraction of sp³-hybridized carbons (Fsp3) is 0.417. The maximum Gasteiger partial charge on any atom is 0.222 e. The number of morpholine rings is 1. The highest BCUT2D eigenvalue weighted by Crippen LogP contribution is 2.30. The fourth-order valence-corrected chi connectivity index (χ4v) is 4.67. The van der Waals surface area contributed by atoms with E-state index in [0.29, 0.717) is 37.0 Å². The molecule has 34 heavy (non-hydrogen) atoms. The monoisotopic (exact) mass is 481 g/mol. The highest BCUT2D eigenvalue weighted by molar-refractivity contribution is 6.31. The molecule has 0 aliphatic carbocycles. The molecule has 4 heterocycles. The first-order valence-corrected chi connectivity index (χ1v) is 11.9. The van der Waals surface area contributed by atoms with Gasteiger partial charge in [0.25, 0.3) is 0 Å². The van der Waals surface area contributed by atoms with Crippen LogP contribution in [0.25, 0.3) is 11.2 Å². The molecule has 1 unspecified atom stereocenters. The number of likely N-dealkylation sites (N-methyl/N-ethyl adjacent to an activating group) is 1. The van der Waals surface area contributed by atoms with Gasteiger partial charge < -0.3 is 19.1 Å². The second-order valence-corrected chi connectivity index (χ2v) is 9.15. The van der Waals surface area contributed by atoms with Gasteiger partial charge in [0.2, 0.25) is 5.91 Å². The topological polar surface area (TPSA) is 87.9 Å². The van der Waals surface area contributed by atoms with Gasteiger partial charge >= 0.3 is 0 Å². The molecule has 2 aromatic heterocycles. The predicted octanol–water partition coefficient (Wildman–Crippen LogP) is 3.38. The van der Waals surface area contributed by atoms with Gasteiger partial charge in [0.1, 0.15) is 5.52 Å². The van der Waals surface area contributed by atoms with E-state index in [1.807, 2.05) is 60.1 Å². The number of carbonyl (C=O) groups is 1. The minimum Gasteiger partial charge on any atom is -0.378 e. The Morgan fingerprint density at radius 2 is 2.12 bits per heavy atom. The fourth-order valence-electron chi connectivity index (χ4n) is 4.48. The third kappa shape index (κ3) is 4.58. The van der Waals surface area contributed by atoms with Gasteiger partial charge in [0.15, 0.2) is 11.5 Å². The number of hydrogen-bond donors (Lipinski definition) is 1. The van der Waals surface area contributed by atoms with Gasteiger partial charge in [0, 0.05) is 50.2 Å². The molecule has 10 heteroatoms. The number of rotatable bonds is 6. The van der Waals surface area contributed by atoms with Gasteiger partial charge in [-0.25, -0.2) is 9.97 Å². The summed E-state index contributed by atoms with van der Waals surface area (Å²) in [7, 11) is 1.87. The van der Waals surface area contributed by atoms with E-state index in [1.54, 1.807) is 0 Å². The number of benzene rings is 1. The van der Waals surface area contributed by atoms with Crippen LogP contribution in [-0.2, 0) is 16.1 Å². The number of hydrogen-bond acceptors (Lipinski definition) is 7. The van der Waals surface area contributed by atoms with E-state index < -0.39 is 0 Å². The minimum absolute atomic E-state index is 0.137. The van der Waals surface area contributed by atoms with E-state index >= 15 is 0 Å². The average Bonchev–Trinajstić information content (AvgIpc) is 3.41. The summed E-state index contributed by atoms with van der Waals surface area (Å²) < 4.78 is 7.59. The molecule has 2 aliphatic rings. The van der Waals surface area contributed by atoms with Crippen molar-refractivity contribution in [1.82, 2.24) is 19.4 Å². The Bertz CT molecular complexity index is 1240. The Morgan fingerprint density at radius 3 is 2.85 bits per heavy atom. The quantitative estimate of drug-likeness (QED) is 0.429. The van der Waals surface area contributed by atoms with Gasteiger partial charge in [0.05, 0.1) is 30.9 Å². The summed E-state index contributed by atoms with van der Waals surface area (Å²) in [6.45, 7) is 5.51. The van der Waals surface area contributed by atoms with Crippen LogP contribution in [0.1, 0.15) is 25.3 Å². The summed E-state index contributed by atoms with van der Waals surface area (Å²) in [6.07, 6.45) is 3.25. The number of aromatic nitrogens is 3. The standard InChI is InChI=1S/C24H28ClN7O2/c1-16(17-4-3-5-18(25)12-17)28-29-21-13-20(31-8-10-34-11-9-31)23-24(27-21)32(15-26-23)14-19-6-7-22(33)30(19)2/h3-5,12-13,15,19H,6-11,14H2,1-2H3,(H,27,29)/b28-16+. The highest BCUT2D eigenvalue weighted by atomic mass is 35.5. The maximum absolute atomic E-state index is 12.0. The molecule has 3 aromatic rings. The Hall–Kier alpha value is -3.17. The van der Waals surface area contributed by atoms with Crippen LogP contribution >= 0.6 is 11.6 Å². The van der Waals surface area contributed by atoms with Crippen LogP contribution in [-0.4, -0.2) is 70.4 Å². The predicted molar refractivity (Wildman–Crippen MR) is 134 cm³/mol. The van der Waals surface area contributed by atoms with E-state index in [2.05, 4.69) is 15.4 Å². The third-order valence-electron chi connectivity index (χ3n) is 6.52. The normalized spacial score (nSPS) is 19.3. The summed E-state index contributed by atoms with van der Waals surface area (Å²) in [5, 5.41) is 5.22. The number of nitrogens with one attached hydrogen (secondary N) is 1. The molecule has 1 N–H and O–H groups in total.